The molecular weight excluding hydrogens is 326 g/mol. The monoisotopic (exact) mass is 341 g/mol. The van der Waals surface area contributed by atoms with E-state index < -0.39 is 0 Å². The van der Waals surface area contributed by atoms with Gasteiger partial charge in [-0.2, -0.15) is 0 Å². The largest absolute Gasteiger partial charge is 0.351 e. The Morgan fingerprint density at radius 2 is 1.96 bits per heavy atom. The number of carbonyl (C=O) groups excluding carboxylic acids is 2. The van der Waals surface area contributed by atoms with Crippen molar-refractivity contribution in [2.24, 2.45) is 0 Å². The first-order valence-corrected chi connectivity index (χ1v) is 8.26. The number of hydrogen-bond acceptors (Lipinski definition) is 5. The maximum absolute atomic E-state index is 12.0. The number of benzene rings is 1. The van der Waals surface area contributed by atoms with Gasteiger partial charge in [0.05, 0.1) is 18.3 Å². The van der Waals surface area contributed by atoms with Gasteiger partial charge in [0, 0.05) is 23.3 Å². The first kappa shape index (κ1) is 16.1. The van der Waals surface area contributed by atoms with Gasteiger partial charge in [0.1, 0.15) is 4.83 Å². The molecule has 7 heteroatoms. The predicted octanol–water partition coefficient (Wildman–Crippen LogP) is 2.26. The molecular formula is C17H15N3O3S. The Balaban J connectivity index is 1.52. The Hall–Kier alpha value is -2.80. The van der Waals surface area contributed by atoms with Gasteiger partial charge < -0.3 is 10.3 Å². The van der Waals surface area contributed by atoms with Crippen LogP contribution in [-0.2, 0) is 11.3 Å². The molecule has 0 saturated carbocycles. The van der Waals surface area contributed by atoms with E-state index in [4.69, 9.17) is 0 Å². The van der Waals surface area contributed by atoms with Gasteiger partial charge >= 0.3 is 0 Å². The van der Waals surface area contributed by atoms with Crippen molar-refractivity contribution in [1.29, 1.82) is 0 Å². The highest BCUT2D eigenvalue weighted by atomic mass is 32.1. The minimum Gasteiger partial charge on any atom is -0.351 e. The lowest BCUT2D eigenvalue weighted by Crippen LogP contribution is -2.22. The lowest BCUT2D eigenvalue weighted by Gasteiger charge is -2.03. The molecule has 2 heterocycles. The van der Waals surface area contributed by atoms with E-state index in [1.54, 1.807) is 30.3 Å². The SMILES string of the molecule is O=C(CCC(=O)c1ccccc1)NCc1cc2c(=O)[nH]cnc2s1. The summed E-state index contributed by atoms with van der Waals surface area (Å²) in [7, 11) is 0. The first-order chi connectivity index (χ1) is 11.6. The summed E-state index contributed by atoms with van der Waals surface area (Å²) in [6.07, 6.45) is 1.67. The van der Waals surface area contributed by atoms with Crippen LogP contribution < -0.4 is 10.9 Å². The molecule has 3 rings (SSSR count). The summed E-state index contributed by atoms with van der Waals surface area (Å²) >= 11 is 1.36. The molecule has 0 saturated heterocycles. The summed E-state index contributed by atoms with van der Waals surface area (Å²) in [5.74, 6) is -0.248. The fourth-order valence-electron chi connectivity index (χ4n) is 2.27. The molecule has 0 radical (unpaired) electrons. The van der Waals surface area contributed by atoms with Crippen molar-refractivity contribution < 1.29 is 9.59 Å². The molecule has 0 spiro atoms. The Morgan fingerprint density at radius 3 is 2.71 bits per heavy atom. The second-order valence-electron chi connectivity index (χ2n) is 5.23. The van der Waals surface area contributed by atoms with Crippen LogP contribution in [0.3, 0.4) is 0 Å². The molecule has 2 aromatic heterocycles. The molecule has 1 aromatic carbocycles. The third-order valence-corrected chi connectivity index (χ3v) is 4.56. The number of carbonyl (C=O) groups is 2. The molecule has 2 N–H and O–H groups in total. The highest BCUT2D eigenvalue weighted by molar-refractivity contribution is 7.18. The molecule has 3 aromatic rings. The van der Waals surface area contributed by atoms with Crippen LogP contribution in [0.1, 0.15) is 28.1 Å². The molecule has 6 nitrogen and oxygen atoms in total. The molecule has 0 aliphatic rings. The average molecular weight is 341 g/mol. The minimum absolute atomic E-state index is 0.0525. The number of H-pyrrole nitrogens is 1. The van der Waals surface area contributed by atoms with Crippen LogP contribution in [0.2, 0.25) is 0 Å². The number of thiophene rings is 1. The lowest BCUT2D eigenvalue weighted by atomic mass is 10.1. The maximum Gasteiger partial charge on any atom is 0.259 e. The van der Waals surface area contributed by atoms with E-state index >= 15 is 0 Å². The van der Waals surface area contributed by atoms with Crippen molar-refractivity contribution >= 4 is 33.2 Å². The van der Waals surface area contributed by atoms with Crippen molar-refractivity contribution in [3.05, 3.63) is 63.5 Å². The topological polar surface area (TPSA) is 91.9 Å². The van der Waals surface area contributed by atoms with Crippen molar-refractivity contribution in [1.82, 2.24) is 15.3 Å². The highest BCUT2D eigenvalue weighted by Crippen LogP contribution is 2.20. The number of Topliss-reactive ketones (excluding diaryl/α,β-unsaturated/α-hetero) is 1. The summed E-state index contributed by atoms with van der Waals surface area (Å²) in [5, 5.41) is 3.28. The zero-order valence-corrected chi connectivity index (χ0v) is 13.6. The van der Waals surface area contributed by atoms with Crippen LogP contribution in [-0.4, -0.2) is 21.7 Å². The van der Waals surface area contributed by atoms with Gasteiger partial charge in [-0.05, 0) is 6.07 Å². The summed E-state index contributed by atoms with van der Waals surface area (Å²) in [6.45, 7) is 0.318. The Morgan fingerprint density at radius 1 is 1.17 bits per heavy atom. The number of hydrogen-bond donors (Lipinski definition) is 2. The molecule has 24 heavy (non-hydrogen) atoms. The number of ketones is 1. The zero-order valence-electron chi connectivity index (χ0n) is 12.7. The summed E-state index contributed by atoms with van der Waals surface area (Å²) in [6, 6.07) is 10.6. The van der Waals surface area contributed by atoms with Crippen molar-refractivity contribution in [2.75, 3.05) is 0 Å². The Labute approximate surface area is 141 Å². The van der Waals surface area contributed by atoms with Gasteiger partial charge in [-0.25, -0.2) is 4.98 Å². The highest BCUT2D eigenvalue weighted by Gasteiger charge is 2.10. The maximum atomic E-state index is 12.0. The number of aromatic nitrogens is 2. The normalized spacial score (nSPS) is 10.7. The smallest absolute Gasteiger partial charge is 0.259 e. The number of nitrogens with one attached hydrogen (secondary N) is 2. The molecule has 0 unspecified atom stereocenters. The number of nitrogens with zero attached hydrogens (tertiary/aromatic N) is 1. The van der Waals surface area contributed by atoms with E-state index in [9.17, 15) is 14.4 Å². The second kappa shape index (κ2) is 7.18. The predicted molar refractivity (Wildman–Crippen MR) is 92.1 cm³/mol. The van der Waals surface area contributed by atoms with Crippen LogP contribution in [0.5, 0.6) is 0 Å². The molecule has 1 amide bonds. The van der Waals surface area contributed by atoms with Gasteiger partial charge in [0.2, 0.25) is 5.91 Å². The fraction of sp³-hybridized carbons (Fsp3) is 0.176. The van der Waals surface area contributed by atoms with E-state index in [1.807, 2.05) is 6.07 Å². The molecule has 0 fully saturated rings. The van der Waals surface area contributed by atoms with Crippen LogP contribution >= 0.6 is 11.3 Å². The zero-order chi connectivity index (χ0) is 16.9. The van der Waals surface area contributed by atoms with Crippen LogP contribution in [0, 0.1) is 0 Å². The summed E-state index contributed by atoms with van der Waals surface area (Å²) in [5.41, 5.74) is 0.419. The van der Waals surface area contributed by atoms with Gasteiger partial charge in [0.15, 0.2) is 5.78 Å². The number of amides is 1. The van der Waals surface area contributed by atoms with Gasteiger partial charge in [-0.15, -0.1) is 11.3 Å². The quantitative estimate of drug-likeness (QED) is 0.673. The molecule has 0 aliphatic carbocycles. The van der Waals surface area contributed by atoms with Crippen molar-refractivity contribution in [3.63, 3.8) is 0 Å². The van der Waals surface area contributed by atoms with Crippen LogP contribution in [0.25, 0.3) is 10.2 Å². The minimum atomic E-state index is -0.196. The molecule has 0 atom stereocenters. The molecule has 0 aliphatic heterocycles. The number of rotatable bonds is 6. The average Bonchev–Trinajstić information content (AvgIpc) is 3.03. The third kappa shape index (κ3) is 3.75. The van der Waals surface area contributed by atoms with Gasteiger partial charge in [0.25, 0.3) is 5.56 Å². The van der Waals surface area contributed by atoms with Crippen molar-refractivity contribution in [2.45, 2.75) is 19.4 Å². The standard InChI is InChI=1S/C17H15N3O3S/c21-14(11-4-2-1-3-5-11)6-7-15(22)18-9-12-8-13-16(23)19-10-20-17(13)24-12/h1-5,8,10H,6-7,9H2,(H,18,22)(H,19,20,23). The van der Waals surface area contributed by atoms with Gasteiger partial charge in [-0.3, -0.25) is 14.4 Å². The third-order valence-electron chi connectivity index (χ3n) is 3.52. The van der Waals surface area contributed by atoms with Crippen molar-refractivity contribution in [3.8, 4) is 0 Å². The van der Waals surface area contributed by atoms with E-state index in [-0.39, 0.29) is 30.1 Å². The van der Waals surface area contributed by atoms with E-state index in [0.717, 1.165) is 4.88 Å². The van der Waals surface area contributed by atoms with Gasteiger partial charge in [-0.1, -0.05) is 30.3 Å². The fourth-order valence-corrected chi connectivity index (χ4v) is 3.21. The van der Waals surface area contributed by atoms with E-state index in [1.165, 1.54) is 17.7 Å². The summed E-state index contributed by atoms with van der Waals surface area (Å²) in [4.78, 5) is 43.6. The summed E-state index contributed by atoms with van der Waals surface area (Å²) < 4.78 is 0. The van der Waals surface area contributed by atoms with E-state index in [0.29, 0.717) is 22.3 Å². The Bertz CT molecular complexity index is 931. The number of aromatic amines is 1. The molecule has 122 valence electrons. The van der Waals surface area contributed by atoms with Crippen LogP contribution in [0.15, 0.2) is 47.5 Å². The Kier molecular flexibility index (Phi) is 4.81. The molecule has 0 bridgehead atoms. The lowest BCUT2D eigenvalue weighted by molar-refractivity contribution is -0.121. The number of fused-ring (bicyclic) bond motifs is 1. The van der Waals surface area contributed by atoms with Crippen LogP contribution in [0.4, 0.5) is 0 Å². The first-order valence-electron chi connectivity index (χ1n) is 7.44. The second-order valence-corrected chi connectivity index (χ2v) is 6.34. The van der Waals surface area contributed by atoms with E-state index in [2.05, 4.69) is 15.3 Å².